The number of nitrogens with zero attached hydrogens (tertiary/aromatic N) is 2. The lowest BCUT2D eigenvalue weighted by molar-refractivity contribution is -0.115. The van der Waals surface area contributed by atoms with Gasteiger partial charge in [-0.15, -0.1) is 0 Å². The summed E-state index contributed by atoms with van der Waals surface area (Å²) in [6.45, 7) is 0. The van der Waals surface area contributed by atoms with E-state index < -0.39 is 30.0 Å². The van der Waals surface area contributed by atoms with Crippen molar-refractivity contribution in [2.24, 2.45) is 0 Å². The van der Waals surface area contributed by atoms with Gasteiger partial charge in [0.1, 0.15) is 17.6 Å². The number of Topliss-reactive ketones (excluding diaryl/α,β-unsaturated/α-hetero) is 1. The molecule has 2 aromatic carbocycles. The van der Waals surface area contributed by atoms with E-state index in [1.807, 2.05) is 6.07 Å². The van der Waals surface area contributed by atoms with E-state index in [1.54, 1.807) is 18.2 Å². The van der Waals surface area contributed by atoms with E-state index >= 15 is 0 Å². The zero-order chi connectivity index (χ0) is 22.4. The van der Waals surface area contributed by atoms with Crippen molar-refractivity contribution in [3.05, 3.63) is 77.9 Å². The molecule has 0 radical (unpaired) electrons. The molecule has 1 aromatic heterocycles. The molecule has 0 bridgehead atoms. The van der Waals surface area contributed by atoms with Crippen LogP contribution in [0.15, 0.2) is 60.8 Å². The highest BCUT2D eigenvalue weighted by atomic mass is 19.1. The molecule has 3 aromatic rings. The van der Waals surface area contributed by atoms with E-state index in [1.165, 1.54) is 42.6 Å². The average molecular weight is 418 g/mol. The second kappa shape index (κ2) is 9.28. The largest absolute Gasteiger partial charge is 0.465 e. The third-order valence-electron chi connectivity index (χ3n) is 4.23. The van der Waals surface area contributed by atoms with Gasteiger partial charge in [-0.25, -0.2) is 14.2 Å². The Balaban J connectivity index is 1.83. The third-order valence-corrected chi connectivity index (χ3v) is 4.23. The van der Waals surface area contributed by atoms with Crippen molar-refractivity contribution in [1.82, 2.24) is 4.98 Å². The first-order chi connectivity index (χ1) is 14.9. The number of halogens is 1. The molecule has 0 saturated heterocycles. The van der Waals surface area contributed by atoms with Gasteiger partial charge in [-0.3, -0.25) is 14.9 Å². The smallest absolute Gasteiger partial charge is 0.409 e. The highest BCUT2D eigenvalue weighted by Gasteiger charge is 2.16. The van der Waals surface area contributed by atoms with Gasteiger partial charge < -0.3 is 10.4 Å². The molecule has 3 rings (SSSR count). The molecule has 8 nitrogen and oxygen atoms in total. The van der Waals surface area contributed by atoms with Gasteiger partial charge in [0.25, 0.3) is 0 Å². The summed E-state index contributed by atoms with van der Waals surface area (Å²) in [4.78, 5) is 39.6. The zero-order valence-electron chi connectivity index (χ0n) is 15.9. The van der Waals surface area contributed by atoms with Crippen LogP contribution in [-0.4, -0.2) is 27.9 Å². The summed E-state index contributed by atoms with van der Waals surface area (Å²) >= 11 is 0. The van der Waals surface area contributed by atoms with Crippen LogP contribution in [0.3, 0.4) is 0 Å². The summed E-state index contributed by atoms with van der Waals surface area (Å²) in [5.74, 6) is -1.61. The van der Waals surface area contributed by atoms with Crippen LogP contribution < -0.4 is 10.6 Å². The summed E-state index contributed by atoms with van der Waals surface area (Å²) in [5.41, 5.74) is 1.70. The molecule has 31 heavy (non-hydrogen) atoms. The van der Waals surface area contributed by atoms with E-state index in [9.17, 15) is 18.8 Å². The molecule has 0 spiro atoms. The fraction of sp³-hybridized carbons (Fsp3) is 0.0455. The Morgan fingerprint density at radius 3 is 2.35 bits per heavy atom. The highest BCUT2D eigenvalue weighted by Crippen LogP contribution is 2.29. The second-order valence-electron chi connectivity index (χ2n) is 6.39. The fourth-order valence-corrected chi connectivity index (χ4v) is 2.80. The number of hydrogen-bond acceptors (Lipinski definition) is 5. The Labute approximate surface area is 176 Å². The van der Waals surface area contributed by atoms with Crippen LogP contribution in [0.2, 0.25) is 0 Å². The molecular formula is C22H15FN4O4. The van der Waals surface area contributed by atoms with Gasteiger partial charge in [0.2, 0.25) is 5.91 Å². The predicted molar refractivity (Wildman–Crippen MR) is 110 cm³/mol. The highest BCUT2D eigenvalue weighted by molar-refractivity contribution is 6.12. The Morgan fingerprint density at radius 1 is 0.968 bits per heavy atom. The normalized spacial score (nSPS) is 10.1. The number of carbonyl (C=O) groups is 3. The van der Waals surface area contributed by atoms with Gasteiger partial charge in [0, 0.05) is 11.8 Å². The fourth-order valence-electron chi connectivity index (χ4n) is 2.80. The summed E-state index contributed by atoms with van der Waals surface area (Å²) in [6, 6.07) is 14.7. The van der Waals surface area contributed by atoms with Crippen molar-refractivity contribution >= 4 is 29.2 Å². The van der Waals surface area contributed by atoms with Gasteiger partial charge in [0.15, 0.2) is 5.78 Å². The first-order valence-corrected chi connectivity index (χ1v) is 8.95. The zero-order valence-corrected chi connectivity index (χ0v) is 15.9. The van der Waals surface area contributed by atoms with Crippen LogP contribution >= 0.6 is 0 Å². The number of nitriles is 1. The quantitative estimate of drug-likeness (QED) is 0.408. The minimum absolute atomic E-state index is 0.0474. The van der Waals surface area contributed by atoms with Gasteiger partial charge in [0.05, 0.1) is 17.8 Å². The first-order valence-electron chi connectivity index (χ1n) is 8.95. The number of carboxylic acid groups (broad SMARTS) is 1. The number of benzene rings is 2. The van der Waals surface area contributed by atoms with Crippen LogP contribution in [0.1, 0.15) is 22.5 Å². The third kappa shape index (κ3) is 5.48. The maximum atomic E-state index is 13.2. The maximum absolute atomic E-state index is 13.2. The van der Waals surface area contributed by atoms with Gasteiger partial charge in [-0.1, -0.05) is 18.2 Å². The molecule has 2 amide bonds. The SMILES string of the molecule is N#Cc1cc(C(=O)CC(=O)Nc2cc(-c3ccc(F)cc3)ccc2NC(=O)O)ccn1. The molecule has 154 valence electrons. The van der Waals surface area contributed by atoms with Crippen molar-refractivity contribution in [2.45, 2.75) is 6.42 Å². The van der Waals surface area contributed by atoms with Crippen LogP contribution in [0.5, 0.6) is 0 Å². The van der Waals surface area contributed by atoms with E-state index in [-0.39, 0.29) is 22.6 Å². The van der Waals surface area contributed by atoms with E-state index in [0.717, 1.165) is 0 Å². The maximum Gasteiger partial charge on any atom is 0.409 e. The number of ketones is 1. The molecule has 0 aliphatic heterocycles. The molecule has 1 heterocycles. The molecular weight excluding hydrogens is 403 g/mol. The lowest BCUT2D eigenvalue weighted by Crippen LogP contribution is -2.18. The molecule has 0 aliphatic carbocycles. The van der Waals surface area contributed by atoms with E-state index in [2.05, 4.69) is 15.6 Å². The van der Waals surface area contributed by atoms with Crippen molar-refractivity contribution < 1.29 is 23.9 Å². The van der Waals surface area contributed by atoms with E-state index in [4.69, 9.17) is 10.4 Å². The number of pyridine rings is 1. The molecule has 0 unspecified atom stereocenters. The Kier molecular flexibility index (Phi) is 6.33. The summed E-state index contributed by atoms with van der Waals surface area (Å²) < 4.78 is 13.2. The van der Waals surface area contributed by atoms with Crippen molar-refractivity contribution in [1.29, 1.82) is 5.26 Å². The van der Waals surface area contributed by atoms with Gasteiger partial charge in [-0.2, -0.15) is 5.26 Å². The number of hydrogen-bond donors (Lipinski definition) is 3. The van der Waals surface area contributed by atoms with E-state index in [0.29, 0.717) is 11.1 Å². The van der Waals surface area contributed by atoms with Gasteiger partial charge in [-0.05, 0) is 47.5 Å². The molecule has 0 atom stereocenters. The van der Waals surface area contributed by atoms with Crippen LogP contribution in [0.4, 0.5) is 20.6 Å². The summed E-state index contributed by atoms with van der Waals surface area (Å²) in [5, 5.41) is 22.6. The average Bonchev–Trinajstić information content (AvgIpc) is 2.75. The van der Waals surface area contributed by atoms with Crippen LogP contribution in [-0.2, 0) is 4.79 Å². The predicted octanol–water partition coefficient (Wildman–Crippen LogP) is 4.06. The number of amides is 2. The van der Waals surface area contributed by atoms with Crippen molar-refractivity contribution in [3.63, 3.8) is 0 Å². The van der Waals surface area contributed by atoms with Crippen molar-refractivity contribution in [2.75, 3.05) is 10.6 Å². The Bertz CT molecular complexity index is 1200. The number of carbonyl (C=O) groups excluding carboxylic acids is 2. The number of anilines is 2. The summed E-state index contributed by atoms with van der Waals surface area (Å²) in [7, 11) is 0. The van der Waals surface area contributed by atoms with Crippen molar-refractivity contribution in [3.8, 4) is 17.2 Å². The molecule has 0 fully saturated rings. The number of aromatic nitrogens is 1. The summed E-state index contributed by atoms with van der Waals surface area (Å²) in [6.07, 6.45) is -0.561. The lowest BCUT2D eigenvalue weighted by atomic mass is 10.0. The Hall–Kier alpha value is -4.58. The lowest BCUT2D eigenvalue weighted by Gasteiger charge is -2.13. The van der Waals surface area contributed by atoms with Crippen LogP contribution in [0, 0.1) is 17.1 Å². The minimum atomic E-state index is -1.33. The van der Waals surface area contributed by atoms with Crippen LogP contribution in [0.25, 0.3) is 11.1 Å². The molecule has 0 aliphatic rings. The number of rotatable bonds is 6. The Morgan fingerprint density at radius 2 is 1.68 bits per heavy atom. The standard InChI is InChI=1S/C22H15FN4O4/c23-16-4-1-13(2-5-16)14-3-6-18(27-22(30)31)19(10-14)26-21(29)11-20(28)15-7-8-25-17(9-15)12-24/h1-10,27H,11H2,(H,26,29)(H,30,31). The molecule has 0 saturated carbocycles. The molecule has 3 N–H and O–H groups in total. The monoisotopic (exact) mass is 418 g/mol. The minimum Gasteiger partial charge on any atom is -0.465 e. The molecule has 9 heteroatoms. The second-order valence-corrected chi connectivity index (χ2v) is 6.39. The van der Waals surface area contributed by atoms with Gasteiger partial charge >= 0.3 is 6.09 Å². The first kappa shape index (κ1) is 21.1. The number of nitrogens with one attached hydrogen (secondary N) is 2. The topological polar surface area (TPSA) is 132 Å².